The summed E-state index contributed by atoms with van der Waals surface area (Å²) in [6, 6.07) is 15.0. The second-order valence-corrected chi connectivity index (χ2v) is 7.43. The summed E-state index contributed by atoms with van der Waals surface area (Å²) in [5, 5.41) is 6.54. The summed E-state index contributed by atoms with van der Waals surface area (Å²) in [5.74, 6) is -0.0158. The fourth-order valence-electron chi connectivity index (χ4n) is 3.66. The molecule has 0 atom stereocenters. The van der Waals surface area contributed by atoms with E-state index in [-0.39, 0.29) is 5.91 Å². The minimum Gasteiger partial charge on any atom is -0.341 e. The number of hydrogen-bond acceptors (Lipinski definition) is 4. The number of aryl methyl sites for hydroxylation is 2. The summed E-state index contributed by atoms with van der Waals surface area (Å²) < 4.78 is 6.27. The van der Waals surface area contributed by atoms with E-state index >= 15 is 0 Å². The number of rotatable bonds is 5. The van der Waals surface area contributed by atoms with E-state index in [4.69, 9.17) is 0 Å². The Labute approximate surface area is 162 Å². The monoisotopic (exact) mass is 378 g/mol. The molecule has 0 unspecified atom stereocenters. The number of para-hydroxylation sites is 1. The zero-order chi connectivity index (χ0) is 19.0. The van der Waals surface area contributed by atoms with E-state index in [0.717, 1.165) is 17.8 Å². The van der Waals surface area contributed by atoms with Gasteiger partial charge in [-0.3, -0.25) is 4.79 Å². The quantitative estimate of drug-likeness (QED) is 0.514. The van der Waals surface area contributed by atoms with Crippen LogP contribution in [-0.4, -0.2) is 32.0 Å². The Morgan fingerprint density at radius 2 is 1.89 bits per heavy atom. The molecule has 138 valence electrons. The molecule has 6 heteroatoms. The highest BCUT2D eigenvalue weighted by molar-refractivity contribution is 7.07. The zero-order valence-electron chi connectivity index (χ0n) is 15.8. The van der Waals surface area contributed by atoms with Crippen LogP contribution < -0.4 is 0 Å². The highest BCUT2D eigenvalue weighted by atomic mass is 32.1. The van der Waals surface area contributed by atoms with Crippen LogP contribution in [0.25, 0.3) is 21.8 Å². The van der Waals surface area contributed by atoms with Crippen molar-refractivity contribution < 1.29 is 4.79 Å². The van der Waals surface area contributed by atoms with Gasteiger partial charge in [-0.2, -0.15) is 0 Å². The Bertz CT molecular complexity index is 1130. The first-order valence-corrected chi connectivity index (χ1v) is 9.98. The van der Waals surface area contributed by atoms with E-state index in [1.807, 2.05) is 14.0 Å². The predicted octanol–water partition coefficient (Wildman–Crippen LogP) is 4.50. The highest BCUT2D eigenvalue weighted by Crippen LogP contribution is 2.30. The number of aromatic nitrogens is 3. The zero-order valence-corrected chi connectivity index (χ0v) is 16.6. The largest absolute Gasteiger partial charge is 0.341 e. The van der Waals surface area contributed by atoms with Gasteiger partial charge >= 0.3 is 0 Å². The van der Waals surface area contributed by atoms with Gasteiger partial charge in [-0.1, -0.05) is 35.7 Å². The van der Waals surface area contributed by atoms with Gasteiger partial charge in [0.05, 0.1) is 5.69 Å². The van der Waals surface area contributed by atoms with Crippen LogP contribution in [0.15, 0.2) is 42.5 Å². The van der Waals surface area contributed by atoms with Crippen LogP contribution >= 0.6 is 11.5 Å². The Kier molecular flexibility index (Phi) is 4.66. The van der Waals surface area contributed by atoms with Gasteiger partial charge in [0.1, 0.15) is 4.88 Å². The van der Waals surface area contributed by atoms with Gasteiger partial charge in [-0.15, -0.1) is 5.10 Å². The smallest absolute Gasteiger partial charge is 0.267 e. The molecule has 0 saturated carbocycles. The van der Waals surface area contributed by atoms with E-state index in [2.05, 4.69) is 63.5 Å². The third-order valence-electron chi connectivity index (χ3n) is 5.00. The summed E-state index contributed by atoms with van der Waals surface area (Å²) in [7, 11) is 1.83. The van der Waals surface area contributed by atoms with E-state index in [1.165, 1.54) is 33.3 Å². The molecule has 2 aromatic carbocycles. The maximum Gasteiger partial charge on any atom is 0.267 e. The number of benzene rings is 2. The van der Waals surface area contributed by atoms with Crippen LogP contribution in [0.1, 0.15) is 34.8 Å². The first kappa shape index (κ1) is 17.7. The fraction of sp³-hybridized carbons (Fsp3) is 0.286. The number of carbonyl (C=O) groups is 1. The Morgan fingerprint density at radius 3 is 2.67 bits per heavy atom. The van der Waals surface area contributed by atoms with Gasteiger partial charge in [-0.05, 0) is 48.6 Å². The van der Waals surface area contributed by atoms with Crippen molar-refractivity contribution in [2.24, 2.45) is 0 Å². The molecule has 0 radical (unpaired) electrons. The first-order chi connectivity index (χ1) is 13.1. The van der Waals surface area contributed by atoms with Gasteiger partial charge < -0.3 is 9.47 Å². The van der Waals surface area contributed by atoms with E-state index in [9.17, 15) is 4.79 Å². The molecule has 0 N–H and O–H groups in total. The summed E-state index contributed by atoms with van der Waals surface area (Å²) in [6.07, 6.45) is 0.716. The predicted molar refractivity (Wildman–Crippen MR) is 110 cm³/mol. The molecule has 2 aromatic heterocycles. The summed E-state index contributed by atoms with van der Waals surface area (Å²) in [6.45, 7) is 5.65. The maximum absolute atomic E-state index is 12.8. The van der Waals surface area contributed by atoms with Gasteiger partial charge in [0.15, 0.2) is 0 Å². The summed E-state index contributed by atoms with van der Waals surface area (Å²) in [5.41, 5.74) is 4.38. The lowest BCUT2D eigenvalue weighted by Crippen LogP contribution is -2.26. The van der Waals surface area contributed by atoms with E-state index in [1.54, 1.807) is 4.90 Å². The molecule has 1 amide bonds. The molecule has 0 spiro atoms. The number of nitrogens with zero attached hydrogens (tertiary/aromatic N) is 4. The molecule has 0 fully saturated rings. The number of fused-ring (bicyclic) bond motifs is 3. The second kappa shape index (κ2) is 7.12. The average molecular weight is 379 g/mol. The topological polar surface area (TPSA) is 51.0 Å². The highest BCUT2D eigenvalue weighted by Gasteiger charge is 2.19. The molecular formula is C21H22N4OS. The number of carbonyl (C=O) groups excluding carboxylic acids is 1. The molecule has 0 aliphatic rings. The van der Waals surface area contributed by atoms with Crippen molar-refractivity contribution in [1.29, 1.82) is 0 Å². The molecule has 0 saturated heterocycles. The van der Waals surface area contributed by atoms with E-state index in [0.29, 0.717) is 17.8 Å². The van der Waals surface area contributed by atoms with Crippen molar-refractivity contribution in [3.05, 3.63) is 58.6 Å². The Morgan fingerprint density at radius 1 is 1.11 bits per heavy atom. The number of amides is 1. The van der Waals surface area contributed by atoms with Crippen molar-refractivity contribution in [1.82, 2.24) is 19.1 Å². The standard InChI is InChI=1S/C21H22N4OS/c1-4-17-20(27-23-22-17)21(26)24(3)13-14-10-11-19-16(12-14)15-8-6-7-9-18(15)25(19)5-2/h6-12H,4-5,13H2,1-3H3. The van der Waals surface area contributed by atoms with Crippen molar-refractivity contribution in [2.45, 2.75) is 33.4 Å². The molecule has 4 aromatic rings. The van der Waals surface area contributed by atoms with Crippen LogP contribution in [0.3, 0.4) is 0 Å². The SMILES string of the molecule is CCc1nnsc1C(=O)N(C)Cc1ccc2c(c1)c1ccccc1n2CC. The molecule has 4 rings (SSSR count). The number of hydrogen-bond donors (Lipinski definition) is 0. The second-order valence-electron chi connectivity index (χ2n) is 6.68. The molecule has 0 aliphatic carbocycles. The van der Waals surface area contributed by atoms with Gasteiger partial charge in [0.25, 0.3) is 5.91 Å². The fourth-order valence-corrected chi connectivity index (χ4v) is 4.41. The van der Waals surface area contributed by atoms with E-state index < -0.39 is 0 Å². The van der Waals surface area contributed by atoms with Crippen molar-refractivity contribution in [3.63, 3.8) is 0 Å². The first-order valence-electron chi connectivity index (χ1n) is 9.20. The molecule has 0 aliphatic heterocycles. The van der Waals surface area contributed by atoms with Crippen LogP contribution in [0.5, 0.6) is 0 Å². The normalized spacial score (nSPS) is 11.4. The Balaban J connectivity index is 1.68. The minimum absolute atomic E-state index is 0.0158. The minimum atomic E-state index is -0.0158. The lowest BCUT2D eigenvalue weighted by atomic mass is 10.1. The van der Waals surface area contributed by atoms with Crippen molar-refractivity contribution in [3.8, 4) is 0 Å². The summed E-state index contributed by atoms with van der Waals surface area (Å²) in [4.78, 5) is 15.2. The molecular weight excluding hydrogens is 356 g/mol. The Hall–Kier alpha value is -2.73. The van der Waals surface area contributed by atoms with Crippen molar-refractivity contribution in [2.75, 3.05) is 7.05 Å². The average Bonchev–Trinajstić information content (AvgIpc) is 3.29. The summed E-state index contributed by atoms with van der Waals surface area (Å²) >= 11 is 1.18. The third kappa shape index (κ3) is 3.00. The maximum atomic E-state index is 12.8. The lowest BCUT2D eigenvalue weighted by molar-refractivity contribution is 0.0788. The molecule has 27 heavy (non-hydrogen) atoms. The third-order valence-corrected chi connectivity index (χ3v) is 5.76. The molecule has 0 bridgehead atoms. The van der Waals surface area contributed by atoms with Crippen molar-refractivity contribution >= 4 is 39.2 Å². The van der Waals surface area contributed by atoms with Gasteiger partial charge in [-0.25, -0.2) is 0 Å². The van der Waals surface area contributed by atoms with Crippen LogP contribution in [0.2, 0.25) is 0 Å². The molecule has 2 heterocycles. The van der Waals surface area contributed by atoms with Gasteiger partial charge in [0.2, 0.25) is 0 Å². The van der Waals surface area contributed by atoms with Crippen LogP contribution in [0, 0.1) is 0 Å². The van der Waals surface area contributed by atoms with Crippen LogP contribution in [0.4, 0.5) is 0 Å². The van der Waals surface area contributed by atoms with Crippen LogP contribution in [-0.2, 0) is 19.5 Å². The van der Waals surface area contributed by atoms with Gasteiger partial charge in [0, 0.05) is 41.9 Å². The molecule has 5 nitrogen and oxygen atoms in total. The lowest BCUT2D eigenvalue weighted by Gasteiger charge is -2.17.